The number of aliphatic hydroxyl groups is 1. The van der Waals surface area contributed by atoms with Crippen LogP contribution in [0.25, 0.3) is 0 Å². The van der Waals surface area contributed by atoms with E-state index in [4.69, 9.17) is 4.74 Å². The zero-order valence-corrected chi connectivity index (χ0v) is 14.0. The Balaban J connectivity index is 2.04. The highest BCUT2D eigenvalue weighted by Crippen LogP contribution is 2.49. The maximum atomic E-state index is 12.2. The summed E-state index contributed by atoms with van der Waals surface area (Å²) in [4.78, 5) is 15.0. The first-order valence-electron chi connectivity index (χ1n) is 6.86. The average molecular weight is 360 g/mol. The third kappa shape index (κ3) is 2.27. The molecule has 1 fully saturated rings. The van der Waals surface area contributed by atoms with E-state index in [0.717, 1.165) is 27.3 Å². The number of carbonyl (C=O) groups is 1. The lowest BCUT2D eigenvalue weighted by molar-refractivity contribution is -0.146. The summed E-state index contributed by atoms with van der Waals surface area (Å²) in [6.45, 7) is 4.45. The summed E-state index contributed by atoms with van der Waals surface area (Å²) in [6, 6.07) is 1.63. The Hall–Kier alpha value is -0.590. The van der Waals surface area contributed by atoms with E-state index in [1.165, 1.54) is 11.3 Å². The lowest BCUT2D eigenvalue weighted by atomic mass is 9.88. The van der Waals surface area contributed by atoms with Crippen LogP contribution in [0.2, 0.25) is 0 Å². The van der Waals surface area contributed by atoms with Gasteiger partial charge < -0.3 is 14.7 Å². The van der Waals surface area contributed by atoms with Crippen LogP contribution in [0, 0.1) is 0 Å². The molecule has 1 aromatic rings. The lowest BCUT2D eigenvalue weighted by Crippen LogP contribution is -2.55. The molecule has 0 saturated carbocycles. The van der Waals surface area contributed by atoms with Crippen LogP contribution in [0.1, 0.15) is 44.0 Å². The molecule has 20 heavy (non-hydrogen) atoms. The van der Waals surface area contributed by atoms with Crippen molar-refractivity contribution >= 4 is 33.2 Å². The summed E-state index contributed by atoms with van der Waals surface area (Å²) >= 11 is 5.01. The number of carbonyl (C=O) groups excluding carboxylic acids is 1. The first-order chi connectivity index (χ1) is 9.40. The standard InChI is InChI=1S/C14H18BrNO3S/c1-14(2)13(18)11(16-6-4-3-5-10(16)17)12-8(19-14)7-9(15)20-12/h7,11,13,18H,3-6H2,1-2H3. The minimum absolute atomic E-state index is 0.133. The number of ether oxygens (including phenoxy) is 1. The van der Waals surface area contributed by atoms with Crippen molar-refractivity contribution in [3.05, 3.63) is 14.7 Å². The number of hydrogen-bond acceptors (Lipinski definition) is 4. The second kappa shape index (κ2) is 5.00. The molecule has 110 valence electrons. The second-order valence-corrected chi connectivity index (χ2v) is 8.38. The number of nitrogens with zero attached hydrogens (tertiary/aromatic N) is 1. The van der Waals surface area contributed by atoms with Crippen molar-refractivity contribution in [3.8, 4) is 5.75 Å². The van der Waals surface area contributed by atoms with E-state index >= 15 is 0 Å². The molecular formula is C14H18BrNO3S. The lowest BCUT2D eigenvalue weighted by Gasteiger charge is -2.46. The summed E-state index contributed by atoms with van der Waals surface area (Å²) in [5.74, 6) is 0.911. The van der Waals surface area contributed by atoms with Crippen molar-refractivity contribution in [1.29, 1.82) is 0 Å². The number of piperidine rings is 1. The van der Waals surface area contributed by atoms with E-state index in [1.807, 2.05) is 24.8 Å². The van der Waals surface area contributed by atoms with Gasteiger partial charge in [-0.15, -0.1) is 11.3 Å². The maximum Gasteiger partial charge on any atom is 0.223 e. The van der Waals surface area contributed by atoms with Gasteiger partial charge in [-0.2, -0.15) is 0 Å². The predicted molar refractivity (Wildman–Crippen MR) is 81.0 cm³/mol. The molecule has 2 atom stereocenters. The molecule has 1 N–H and O–H groups in total. The largest absolute Gasteiger partial charge is 0.484 e. The number of hydrogen-bond donors (Lipinski definition) is 1. The molecule has 1 saturated heterocycles. The fourth-order valence-electron chi connectivity index (χ4n) is 2.95. The molecule has 0 radical (unpaired) electrons. The second-order valence-electron chi connectivity index (χ2n) is 5.92. The summed E-state index contributed by atoms with van der Waals surface area (Å²) in [5, 5.41) is 10.7. The Labute approximate surface area is 130 Å². The molecule has 1 aromatic heterocycles. The average Bonchev–Trinajstić information content (AvgIpc) is 2.71. The van der Waals surface area contributed by atoms with Gasteiger partial charge in [0.15, 0.2) is 0 Å². The predicted octanol–water partition coefficient (Wildman–Crippen LogP) is 3.10. The molecule has 0 aliphatic carbocycles. The fraction of sp³-hybridized carbons (Fsp3) is 0.643. The van der Waals surface area contributed by atoms with Crippen LogP contribution in [-0.2, 0) is 4.79 Å². The molecule has 0 aromatic carbocycles. The van der Waals surface area contributed by atoms with Gasteiger partial charge in [0, 0.05) is 19.0 Å². The van der Waals surface area contributed by atoms with Crippen molar-refractivity contribution in [2.45, 2.75) is 50.9 Å². The highest BCUT2D eigenvalue weighted by molar-refractivity contribution is 9.11. The van der Waals surface area contributed by atoms with Crippen LogP contribution in [0.4, 0.5) is 0 Å². The van der Waals surface area contributed by atoms with Gasteiger partial charge in [-0.05, 0) is 42.6 Å². The van der Waals surface area contributed by atoms with Crippen LogP contribution in [0.5, 0.6) is 5.75 Å². The molecule has 6 heteroatoms. The third-order valence-corrected chi connectivity index (χ3v) is 5.73. The Bertz CT molecular complexity index is 543. The minimum atomic E-state index is -0.720. The van der Waals surface area contributed by atoms with Crippen molar-refractivity contribution in [2.24, 2.45) is 0 Å². The van der Waals surface area contributed by atoms with Crippen molar-refractivity contribution in [2.75, 3.05) is 6.54 Å². The highest BCUT2D eigenvalue weighted by atomic mass is 79.9. The first-order valence-corrected chi connectivity index (χ1v) is 8.47. The number of fused-ring (bicyclic) bond motifs is 1. The van der Waals surface area contributed by atoms with Crippen LogP contribution in [0.15, 0.2) is 9.85 Å². The number of halogens is 1. The minimum Gasteiger partial charge on any atom is -0.484 e. The molecule has 0 bridgehead atoms. The Morgan fingerprint density at radius 2 is 2.25 bits per heavy atom. The van der Waals surface area contributed by atoms with Crippen LogP contribution >= 0.6 is 27.3 Å². The van der Waals surface area contributed by atoms with E-state index in [1.54, 1.807) is 0 Å². The zero-order chi connectivity index (χ0) is 14.5. The molecule has 3 heterocycles. The van der Waals surface area contributed by atoms with E-state index in [2.05, 4.69) is 15.9 Å². The number of aliphatic hydroxyl groups excluding tert-OH is 1. The Morgan fingerprint density at radius 3 is 2.95 bits per heavy atom. The van der Waals surface area contributed by atoms with Gasteiger partial charge in [0.2, 0.25) is 5.91 Å². The quantitative estimate of drug-likeness (QED) is 0.837. The summed E-state index contributed by atoms with van der Waals surface area (Å²) in [5.41, 5.74) is -0.699. The first kappa shape index (κ1) is 14.4. The number of amides is 1. The monoisotopic (exact) mass is 359 g/mol. The van der Waals surface area contributed by atoms with Crippen molar-refractivity contribution in [1.82, 2.24) is 4.90 Å². The summed E-state index contributed by atoms with van der Waals surface area (Å²) < 4.78 is 6.86. The van der Waals surface area contributed by atoms with E-state index < -0.39 is 11.7 Å². The molecule has 2 aliphatic rings. The summed E-state index contributed by atoms with van der Waals surface area (Å²) in [7, 11) is 0. The van der Waals surface area contributed by atoms with Crippen LogP contribution in [-0.4, -0.2) is 34.2 Å². The van der Waals surface area contributed by atoms with Crippen molar-refractivity contribution < 1.29 is 14.6 Å². The molecule has 0 spiro atoms. The van der Waals surface area contributed by atoms with Crippen LogP contribution in [0.3, 0.4) is 0 Å². The van der Waals surface area contributed by atoms with Gasteiger partial charge >= 0.3 is 0 Å². The van der Waals surface area contributed by atoms with Crippen LogP contribution < -0.4 is 4.74 Å². The highest BCUT2D eigenvalue weighted by Gasteiger charge is 2.48. The maximum absolute atomic E-state index is 12.2. The zero-order valence-electron chi connectivity index (χ0n) is 11.6. The van der Waals surface area contributed by atoms with Gasteiger partial charge in [0.25, 0.3) is 0 Å². The van der Waals surface area contributed by atoms with E-state index in [-0.39, 0.29) is 11.9 Å². The molecule has 2 unspecified atom stereocenters. The van der Waals surface area contributed by atoms with Gasteiger partial charge in [-0.25, -0.2) is 0 Å². The van der Waals surface area contributed by atoms with Gasteiger partial charge in [-0.1, -0.05) is 0 Å². The SMILES string of the molecule is CC1(C)Oc2cc(Br)sc2C(N2CCCCC2=O)C1O. The fourth-order valence-corrected chi connectivity index (χ4v) is 4.63. The van der Waals surface area contributed by atoms with E-state index in [9.17, 15) is 9.90 Å². The normalized spacial score (nSPS) is 29.0. The van der Waals surface area contributed by atoms with Gasteiger partial charge in [-0.3, -0.25) is 4.79 Å². The molecule has 2 aliphatic heterocycles. The molecule has 4 nitrogen and oxygen atoms in total. The third-order valence-electron chi connectivity index (χ3n) is 4.04. The molecule has 1 amide bonds. The Kier molecular flexibility index (Phi) is 3.59. The summed E-state index contributed by atoms with van der Waals surface area (Å²) in [6.07, 6.45) is 1.80. The number of likely N-dealkylation sites (tertiary alicyclic amines) is 1. The van der Waals surface area contributed by atoms with E-state index in [0.29, 0.717) is 13.0 Å². The van der Waals surface area contributed by atoms with Gasteiger partial charge in [0.1, 0.15) is 17.5 Å². The molecular weight excluding hydrogens is 342 g/mol. The smallest absolute Gasteiger partial charge is 0.223 e. The molecule has 3 rings (SSSR count). The van der Waals surface area contributed by atoms with Crippen molar-refractivity contribution in [3.63, 3.8) is 0 Å². The number of rotatable bonds is 1. The van der Waals surface area contributed by atoms with Gasteiger partial charge in [0.05, 0.1) is 14.7 Å². The topological polar surface area (TPSA) is 49.8 Å². The number of thiophene rings is 1. The Morgan fingerprint density at radius 1 is 1.50 bits per heavy atom.